The van der Waals surface area contributed by atoms with Crippen molar-refractivity contribution in [3.05, 3.63) is 250 Å². The SMILES string of the molecule is CC1=CCC(C2CCC3C(C2)c2cc(-c4ccc(C)cc4)ccc2C3c2ccc(C3CCC(C(c4ccc(-c5ccc6oc7ccccc7c6c5)cc4)C4CCC(c5ccc6oc7ccccc7c6c5)CC4)c4nsnc43)cc2)C=C1. The average Bonchev–Trinajstić information content (AvgIpc) is 4.34. The van der Waals surface area contributed by atoms with Crippen LogP contribution in [-0.2, 0) is 0 Å². The van der Waals surface area contributed by atoms with Gasteiger partial charge in [-0.2, -0.15) is 8.75 Å². The number of aromatic nitrogens is 2. The largest absolute Gasteiger partial charge is 0.456 e. The summed E-state index contributed by atoms with van der Waals surface area (Å²) in [6, 6.07) is 66.8. The molecular weight excluding hydrogens is 1000 g/mol. The molecule has 0 bridgehead atoms. The van der Waals surface area contributed by atoms with Crippen LogP contribution in [0.1, 0.15) is 157 Å². The van der Waals surface area contributed by atoms with Crippen LogP contribution in [0.2, 0.25) is 0 Å². The Morgan fingerprint density at radius 3 is 1.88 bits per heavy atom. The van der Waals surface area contributed by atoms with Gasteiger partial charge in [0.15, 0.2) is 0 Å². The third-order valence-electron chi connectivity index (χ3n) is 20.8. The monoisotopic (exact) mass is 1070 g/mol. The normalized spacial score (nSPS) is 24.8. The maximum Gasteiger partial charge on any atom is 0.135 e. The zero-order chi connectivity index (χ0) is 53.7. The summed E-state index contributed by atoms with van der Waals surface area (Å²) in [5.74, 6) is 4.93. The fourth-order valence-electron chi connectivity index (χ4n) is 16.6. The number of hydrogen-bond acceptors (Lipinski definition) is 5. The minimum absolute atomic E-state index is 0.239. The van der Waals surface area contributed by atoms with Gasteiger partial charge in [0.2, 0.25) is 0 Å². The molecule has 0 amide bonds. The molecule has 81 heavy (non-hydrogen) atoms. The fourth-order valence-corrected chi connectivity index (χ4v) is 17.3. The van der Waals surface area contributed by atoms with Crippen molar-refractivity contribution in [2.24, 2.45) is 23.7 Å². The van der Waals surface area contributed by atoms with Crippen molar-refractivity contribution < 1.29 is 8.83 Å². The van der Waals surface area contributed by atoms with Gasteiger partial charge in [0.25, 0.3) is 0 Å². The Morgan fingerprint density at radius 1 is 0.506 bits per heavy atom. The summed E-state index contributed by atoms with van der Waals surface area (Å²) in [6.45, 7) is 4.43. The molecule has 8 aromatic carbocycles. The van der Waals surface area contributed by atoms with Gasteiger partial charge in [-0.05, 0) is 212 Å². The summed E-state index contributed by atoms with van der Waals surface area (Å²) < 4.78 is 23.1. The first-order valence-corrected chi connectivity index (χ1v) is 31.1. The zero-order valence-corrected chi connectivity index (χ0v) is 47.3. The molecule has 0 aliphatic heterocycles. The molecule has 3 aromatic heterocycles. The molecule has 16 rings (SSSR count). The highest BCUT2D eigenvalue weighted by Gasteiger charge is 2.46. The maximum atomic E-state index is 6.26. The van der Waals surface area contributed by atoms with Crippen molar-refractivity contribution in [3.63, 3.8) is 0 Å². The number of para-hydroxylation sites is 2. The Kier molecular flexibility index (Phi) is 12.2. The summed E-state index contributed by atoms with van der Waals surface area (Å²) in [4.78, 5) is 0. The molecule has 4 nitrogen and oxygen atoms in total. The lowest BCUT2D eigenvalue weighted by atomic mass is 9.64. The molecule has 400 valence electrons. The second-order valence-electron chi connectivity index (χ2n) is 25.1. The highest BCUT2D eigenvalue weighted by atomic mass is 32.1. The lowest BCUT2D eigenvalue weighted by Crippen LogP contribution is -2.28. The Hall–Kier alpha value is -7.60. The standard InChI is InChI=1S/C76H68N2O2S/c1-45-11-15-47(16-12-45)55-31-35-62-65(41-55)66-42-56(48-17-13-46(2)14-18-48)32-36-63(66)74(62)54-29-23-51(24-30-54)59-37-38-64(76-75(59)77-81-78-76)73(52-25-19-49(20-26-52)57-33-39-71-67(43-57)60-7-3-5-9-69(60)79-71)53-27-21-50(22-28-53)58-34-40-72-68(44-58)61-8-4-6-10-70(61)80-72/h3-17,19-20,23-26,29-31,33-35,39-41,43-44,48,50,53,56,59,63-64,66,73-74H,18,21-22,27-28,32,36-38,42H2,1-2H3. The highest BCUT2D eigenvalue weighted by Crippen LogP contribution is 2.59. The third-order valence-corrected chi connectivity index (χ3v) is 21.3. The second kappa shape index (κ2) is 20.1. The minimum atomic E-state index is 0.239. The number of rotatable bonds is 9. The summed E-state index contributed by atoms with van der Waals surface area (Å²) in [7, 11) is 0. The predicted molar refractivity (Wildman–Crippen MR) is 334 cm³/mol. The quantitative estimate of drug-likeness (QED) is 0.145. The van der Waals surface area contributed by atoms with Gasteiger partial charge in [0, 0.05) is 39.3 Å². The Labute approximate surface area is 480 Å². The van der Waals surface area contributed by atoms with Crippen LogP contribution >= 0.6 is 11.7 Å². The summed E-state index contributed by atoms with van der Waals surface area (Å²) >= 11 is 1.43. The van der Waals surface area contributed by atoms with E-state index in [4.69, 9.17) is 17.6 Å². The molecule has 5 aliphatic rings. The molecule has 11 aromatic rings. The van der Waals surface area contributed by atoms with E-state index in [-0.39, 0.29) is 5.92 Å². The molecule has 0 spiro atoms. The second-order valence-corrected chi connectivity index (χ2v) is 25.6. The number of fused-ring (bicyclic) bond motifs is 10. The van der Waals surface area contributed by atoms with Crippen molar-refractivity contribution in [3.8, 4) is 22.3 Å². The number of allylic oxidation sites excluding steroid dienone is 4. The molecule has 0 N–H and O–H groups in total. The lowest BCUT2D eigenvalue weighted by molar-refractivity contribution is 0.200. The van der Waals surface area contributed by atoms with E-state index < -0.39 is 0 Å². The number of hydrogen-bond donors (Lipinski definition) is 0. The maximum absolute atomic E-state index is 6.26. The summed E-state index contributed by atoms with van der Waals surface area (Å²) in [6.07, 6.45) is 19.4. The molecule has 8 atom stereocenters. The van der Waals surface area contributed by atoms with Gasteiger partial charge < -0.3 is 8.83 Å². The third kappa shape index (κ3) is 8.67. The Bertz CT molecular complexity index is 4220. The van der Waals surface area contributed by atoms with E-state index in [1.54, 1.807) is 11.1 Å². The molecule has 2 fully saturated rings. The molecule has 0 saturated heterocycles. The Morgan fingerprint density at radius 2 is 1.14 bits per heavy atom. The summed E-state index contributed by atoms with van der Waals surface area (Å²) in [5, 5.41) is 4.78. The number of nitrogens with zero attached hydrogens (tertiary/aromatic N) is 2. The summed E-state index contributed by atoms with van der Waals surface area (Å²) in [5.41, 5.74) is 23.0. The van der Waals surface area contributed by atoms with E-state index in [0.29, 0.717) is 47.3 Å². The van der Waals surface area contributed by atoms with E-state index in [9.17, 15) is 0 Å². The van der Waals surface area contributed by atoms with E-state index in [2.05, 4.69) is 202 Å². The van der Waals surface area contributed by atoms with Crippen LogP contribution in [0.5, 0.6) is 0 Å². The Balaban J connectivity index is 0.698. The van der Waals surface area contributed by atoms with Crippen LogP contribution in [0.25, 0.3) is 66.1 Å². The molecular formula is C76H68N2O2S. The van der Waals surface area contributed by atoms with Crippen molar-refractivity contribution in [2.45, 2.75) is 114 Å². The lowest BCUT2D eigenvalue weighted by Gasteiger charge is -2.40. The van der Waals surface area contributed by atoms with Gasteiger partial charge >= 0.3 is 0 Å². The van der Waals surface area contributed by atoms with Gasteiger partial charge in [0.05, 0.1) is 23.1 Å². The van der Waals surface area contributed by atoms with Gasteiger partial charge in [-0.1, -0.05) is 169 Å². The zero-order valence-electron chi connectivity index (χ0n) is 46.4. The van der Waals surface area contributed by atoms with Crippen molar-refractivity contribution in [1.29, 1.82) is 0 Å². The van der Waals surface area contributed by atoms with Crippen molar-refractivity contribution in [2.75, 3.05) is 0 Å². The van der Waals surface area contributed by atoms with Gasteiger partial charge in [-0.3, -0.25) is 0 Å². The van der Waals surface area contributed by atoms with Crippen molar-refractivity contribution >= 4 is 55.6 Å². The molecule has 5 aliphatic carbocycles. The number of benzene rings is 8. The van der Waals surface area contributed by atoms with Crippen LogP contribution in [0.15, 0.2) is 209 Å². The van der Waals surface area contributed by atoms with E-state index in [1.807, 2.05) is 6.07 Å². The predicted octanol–water partition coefficient (Wildman–Crippen LogP) is 20.9. The molecule has 8 unspecified atom stereocenters. The number of aryl methyl sites for hydroxylation is 1. The minimum Gasteiger partial charge on any atom is -0.456 e. The average molecular weight is 1070 g/mol. The van der Waals surface area contributed by atoms with E-state index in [0.717, 1.165) is 46.5 Å². The van der Waals surface area contributed by atoms with Gasteiger partial charge in [-0.15, -0.1) is 0 Å². The molecule has 0 radical (unpaired) electrons. The first kappa shape index (κ1) is 49.2. The van der Waals surface area contributed by atoms with Gasteiger partial charge in [0.1, 0.15) is 22.3 Å². The van der Waals surface area contributed by atoms with Crippen LogP contribution in [-0.4, -0.2) is 8.75 Å². The topological polar surface area (TPSA) is 52.1 Å². The molecule has 2 saturated carbocycles. The molecule has 3 heterocycles. The smallest absolute Gasteiger partial charge is 0.135 e. The first-order valence-electron chi connectivity index (χ1n) is 30.3. The van der Waals surface area contributed by atoms with E-state index in [1.165, 1.54) is 146 Å². The fraction of sp³-hybridized carbons (Fsp3) is 0.289. The van der Waals surface area contributed by atoms with Gasteiger partial charge in [-0.25, -0.2) is 0 Å². The first-order chi connectivity index (χ1) is 39.9. The van der Waals surface area contributed by atoms with Crippen molar-refractivity contribution in [1.82, 2.24) is 8.75 Å². The van der Waals surface area contributed by atoms with E-state index >= 15 is 0 Å². The molecule has 5 heteroatoms. The number of furan rings is 2. The van der Waals surface area contributed by atoms with Crippen LogP contribution in [0.3, 0.4) is 0 Å². The van der Waals surface area contributed by atoms with Crippen LogP contribution < -0.4 is 0 Å². The highest BCUT2D eigenvalue weighted by molar-refractivity contribution is 6.99. The van der Waals surface area contributed by atoms with Crippen LogP contribution in [0, 0.1) is 30.6 Å². The van der Waals surface area contributed by atoms with Crippen LogP contribution in [0.4, 0.5) is 0 Å².